The highest BCUT2D eigenvalue weighted by molar-refractivity contribution is 5.74. The van der Waals surface area contributed by atoms with Gasteiger partial charge in [0, 0.05) is 19.8 Å². The Balaban J connectivity index is 2.03. The van der Waals surface area contributed by atoms with Crippen LogP contribution in [0.3, 0.4) is 0 Å². The molecule has 1 heterocycles. The van der Waals surface area contributed by atoms with Crippen LogP contribution in [0.2, 0.25) is 0 Å². The van der Waals surface area contributed by atoms with Crippen molar-refractivity contribution in [3.8, 4) is 11.4 Å². The molecule has 3 aromatic rings. The van der Waals surface area contributed by atoms with Crippen LogP contribution in [0, 0.1) is 0 Å². The molecule has 0 aliphatic carbocycles. The van der Waals surface area contributed by atoms with Gasteiger partial charge in [0.25, 0.3) is 5.82 Å². The number of nitrogens with one attached hydrogen (secondary N) is 2. The molecule has 0 spiro atoms. The zero-order valence-electron chi connectivity index (χ0n) is 10.6. The zero-order chi connectivity index (χ0) is 12.5. The van der Waals surface area contributed by atoms with Gasteiger partial charge in [-0.25, -0.2) is 9.97 Å². The Bertz CT molecular complexity index is 633. The molecule has 0 unspecified atom stereocenters. The number of nitrogens with zero attached hydrogens (tertiary/aromatic N) is 1. The third kappa shape index (κ3) is 1.84. The van der Waals surface area contributed by atoms with E-state index in [1.54, 1.807) is 0 Å². The molecular formula is C15H16N3+. The highest BCUT2D eigenvalue weighted by Gasteiger charge is 2.11. The molecule has 0 amide bonds. The van der Waals surface area contributed by atoms with Crippen LogP contribution in [0.1, 0.15) is 0 Å². The highest BCUT2D eigenvalue weighted by atomic mass is 15.1. The molecule has 3 nitrogen and oxygen atoms in total. The van der Waals surface area contributed by atoms with Crippen LogP contribution in [0.25, 0.3) is 22.4 Å². The van der Waals surface area contributed by atoms with Crippen LogP contribution in [0.4, 0.5) is 5.69 Å². The van der Waals surface area contributed by atoms with Crippen molar-refractivity contribution in [2.45, 2.75) is 0 Å². The first kappa shape index (κ1) is 10.8. The minimum atomic E-state index is 1.04. The molecule has 3 rings (SSSR count). The SMILES string of the molecule is CN(C)c1ccc(-c2[nH]c3ccccc3[nH+]2)cc1. The summed E-state index contributed by atoms with van der Waals surface area (Å²) in [4.78, 5) is 8.88. The average Bonchev–Trinajstić information content (AvgIpc) is 2.82. The smallest absolute Gasteiger partial charge is 0.285 e. The lowest BCUT2D eigenvalue weighted by atomic mass is 10.2. The van der Waals surface area contributed by atoms with Crippen molar-refractivity contribution in [1.29, 1.82) is 0 Å². The fraction of sp³-hybridized carbons (Fsp3) is 0.133. The second kappa shape index (κ2) is 4.18. The van der Waals surface area contributed by atoms with Crippen molar-refractivity contribution < 1.29 is 4.98 Å². The van der Waals surface area contributed by atoms with Gasteiger partial charge >= 0.3 is 0 Å². The second-order valence-electron chi connectivity index (χ2n) is 4.61. The Labute approximate surface area is 106 Å². The minimum Gasteiger partial charge on any atom is -0.378 e. The molecule has 90 valence electrons. The molecule has 0 saturated carbocycles. The Morgan fingerprint density at radius 3 is 2.33 bits per heavy atom. The summed E-state index contributed by atoms with van der Waals surface area (Å²) < 4.78 is 0. The number of hydrogen-bond donors (Lipinski definition) is 1. The predicted molar refractivity (Wildman–Crippen MR) is 74.6 cm³/mol. The van der Waals surface area contributed by atoms with E-state index in [2.05, 4.69) is 51.3 Å². The number of H-pyrrole nitrogens is 2. The number of benzene rings is 2. The molecule has 0 aliphatic rings. The first-order valence-corrected chi connectivity index (χ1v) is 6.02. The molecule has 0 aliphatic heterocycles. The normalized spacial score (nSPS) is 10.8. The van der Waals surface area contributed by atoms with E-state index in [4.69, 9.17) is 0 Å². The molecule has 2 aromatic carbocycles. The van der Waals surface area contributed by atoms with E-state index in [0.717, 1.165) is 22.4 Å². The molecule has 0 fully saturated rings. The maximum absolute atomic E-state index is 3.39. The minimum absolute atomic E-state index is 1.04. The fourth-order valence-electron chi connectivity index (χ4n) is 2.07. The molecule has 18 heavy (non-hydrogen) atoms. The van der Waals surface area contributed by atoms with E-state index in [9.17, 15) is 0 Å². The number of anilines is 1. The third-order valence-corrected chi connectivity index (χ3v) is 3.12. The zero-order valence-corrected chi connectivity index (χ0v) is 10.6. The number of aromatic amines is 2. The summed E-state index contributed by atoms with van der Waals surface area (Å²) >= 11 is 0. The Morgan fingerprint density at radius 2 is 1.67 bits per heavy atom. The van der Waals surface area contributed by atoms with Gasteiger partial charge < -0.3 is 4.90 Å². The quantitative estimate of drug-likeness (QED) is 0.731. The van der Waals surface area contributed by atoms with Gasteiger partial charge in [-0.05, 0) is 36.4 Å². The van der Waals surface area contributed by atoms with E-state index < -0.39 is 0 Å². The average molecular weight is 238 g/mol. The molecule has 0 saturated heterocycles. The van der Waals surface area contributed by atoms with E-state index in [-0.39, 0.29) is 0 Å². The standard InChI is InChI=1S/C15H15N3/c1-18(2)12-9-7-11(8-10-12)15-16-13-5-3-4-6-14(13)17-15/h3-10H,1-2H3,(H,16,17)/p+1. The molecule has 2 N–H and O–H groups in total. The van der Waals surface area contributed by atoms with Gasteiger partial charge in [-0.1, -0.05) is 12.1 Å². The van der Waals surface area contributed by atoms with Crippen molar-refractivity contribution in [1.82, 2.24) is 4.98 Å². The number of imidazole rings is 1. The van der Waals surface area contributed by atoms with Crippen LogP contribution in [0.15, 0.2) is 48.5 Å². The van der Waals surface area contributed by atoms with Crippen molar-refractivity contribution >= 4 is 16.7 Å². The van der Waals surface area contributed by atoms with Gasteiger partial charge in [0.1, 0.15) is 0 Å². The lowest BCUT2D eigenvalue weighted by molar-refractivity contribution is -0.330. The number of rotatable bonds is 2. The lowest BCUT2D eigenvalue weighted by Crippen LogP contribution is -2.08. The molecule has 0 bridgehead atoms. The largest absolute Gasteiger partial charge is 0.378 e. The highest BCUT2D eigenvalue weighted by Crippen LogP contribution is 2.20. The van der Waals surface area contributed by atoms with Gasteiger partial charge in [0.05, 0.1) is 5.56 Å². The topological polar surface area (TPSA) is 33.2 Å². The summed E-state index contributed by atoms with van der Waals surface area (Å²) in [7, 11) is 4.09. The van der Waals surface area contributed by atoms with Crippen LogP contribution in [0.5, 0.6) is 0 Å². The summed E-state index contributed by atoms with van der Waals surface area (Å²) in [5.74, 6) is 1.04. The monoisotopic (exact) mass is 238 g/mol. The molecule has 1 aromatic heterocycles. The van der Waals surface area contributed by atoms with Gasteiger partial charge in [-0.3, -0.25) is 0 Å². The summed E-state index contributed by atoms with van der Waals surface area (Å²) in [5, 5.41) is 0. The van der Waals surface area contributed by atoms with E-state index in [1.807, 2.05) is 26.2 Å². The molecule has 3 heteroatoms. The number of para-hydroxylation sites is 2. The van der Waals surface area contributed by atoms with Crippen molar-refractivity contribution in [2.24, 2.45) is 0 Å². The maximum atomic E-state index is 3.39. The Kier molecular flexibility index (Phi) is 2.52. The van der Waals surface area contributed by atoms with Gasteiger partial charge in [-0.15, -0.1) is 0 Å². The summed E-state index contributed by atoms with van der Waals surface area (Å²) in [5.41, 5.74) is 4.63. The summed E-state index contributed by atoms with van der Waals surface area (Å²) in [6.07, 6.45) is 0. The maximum Gasteiger partial charge on any atom is 0.285 e. The fourth-order valence-corrected chi connectivity index (χ4v) is 2.07. The van der Waals surface area contributed by atoms with Crippen molar-refractivity contribution in [2.75, 3.05) is 19.0 Å². The van der Waals surface area contributed by atoms with Crippen LogP contribution in [-0.4, -0.2) is 19.1 Å². The summed E-state index contributed by atoms with van der Waals surface area (Å²) in [6, 6.07) is 16.7. The summed E-state index contributed by atoms with van der Waals surface area (Å²) in [6.45, 7) is 0. The van der Waals surface area contributed by atoms with Crippen LogP contribution >= 0.6 is 0 Å². The molecule has 0 atom stereocenters. The lowest BCUT2D eigenvalue weighted by Gasteiger charge is -2.11. The van der Waals surface area contributed by atoms with Crippen LogP contribution in [-0.2, 0) is 0 Å². The van der Waals surface area contributed by atoms with Gasteiger partial charge in [0.2, 0.25) is 0 Å². The van der Waals surface area contributed by atoms with Gasteiger partial charge in [-0.2, -0.15) is 0 Å². The molecular weight excluding hydrogens is 222 g/mol. The van der Waals surface area contributed by atoms with Gasteiger partial charge in [0.15, 0.2) is 11.0 Å². The Morgan fingerprint density at radius 1 is 0.944 bits per heavy atom. The van der Waals surface area contributed by atoms with Crippen molar-refractivity contribution in [3.05, 3.63) is 48.5 Å². The van der Waals surface area contributed by atoms with E-state index in [0.29, 0.717) is 0 Å². The van der Waals surface area contributed by atoms with E-state index in [1.165, 1.54) is 5.69 Å². The number of hydrogen-bond acceptors (Lipinski definition) is 1. The number of fused-ring (bicyclic) bond motifs is 1. The van der Waals surface area contributed by atoms with Crippen molar-refractivity contribution in [3.63, 3.8) is 0 Å². The second-order valence-corrected chi connectivity index (χ2v) is 4.61. The predicted octanol–water partition coefficient (Wildman–Crippen LogP) is 2.72. The molecule has 0 radical (unpaired) electrons. The first-order valence-electron chi connectivity index (χ1n) is 6.02. The third-order valence-electron chi connectivity index (χ3n) is 3.12. The van der Waals surface area contributed by atoms with Crippen LogP contribution < -0.4 is 9.88 Å². The first-order chi connectivity index (χ1) is 8.74. The Hall–Kier alpha value is -2.29. The number of aromatic nitrogens is 2. The van der Waals surface area contributed by atoms with E-state index >= 15 is 0 Å².